The third kappa shape index (κ3) is 5.07. The minimum absolute atomic E-state index is 0.0462. The van der Waals surface area contributed by atoms with Gasteiger partial charge in [0.2, 0.25) is 0 Å². The summed E-state index contributed by atoms with van der Waals surface area (Å²) < 4.78 is 12.7. The quantitative estimate of drug-likeness (QED) is 0.242. The molecule has 4 rings (SSSR count). The Kier molecular flexibility index (Phi) is 6.34. The van der Waals surface area contributed by atoms with Crippen LogP contribution in [0.25, 0.3) is 10.9 Å². The number of amides is 1. The fraction of sp³-hybridized carbons (Fsp3) is 0.250. The lowest BCUT2D eigenvalue weighted by molar-refractivity contribution is -0.387. The van der Waals surface area contributed by atoms with Crippen molar-refractivity contribution in [3.8, 4) is 0 Å². The summed E-state index contributed by atoms with van der Waals surface area (Å²) in [7, 11) is 1.65. The Balaban J connectivity index is 1.76. The molecule has 2 heterocycles. The average molecular weight is 481 g/mol. The number of anilines is 1. The van der Waals surface area contributed by atoms with Crippen molar-refractivity contribution in [3.63, 3.8) is 0 Å². The van der Waals surface area contributed by atoms with Gasteiger partial charge in [-0.15, -0.1) is 0 Å². The first kappa shape index (κ1) is 23.4. The number of carbonyl (C=O) groups excluding carboxylic acids is 1. The van der Waals surface area contributed by atoms with Gasteiger partial charge in [-0.1, -0.05) is 29.1 Å². The Morgan fingerprint density at radius 3 is 2.65 bits per heavy atom. The van der Waals surface area contributed by atoms with Crippen molar-refractivity contribution in [2.45, 2.75) is 42.7 Å². The van der Waals surface area contributed by atoms with E-state index in [4.69, 9.17) is 9.26 Å². The number of carbonyl (C=O) groups is 1. The SMILES string of the molecule is CN(C(=O)OC(C)(C)C)c1ccc2c(Sc3ccccc3[N+](=O)[O-])cn(Cc3ccno3)c2c1. The van der Waals surface area contributed by atoms with Gasteiger partial charge in [0, 0.05) is 41.3 Å². The zero-order valence-electron chi connectivity index (χ0n) is 19.2. The molecule has 9 nitrogen and oxygen atoms in total. The summed E-state index contributed by atoms with van der Waals surface area (Å²) in [5.41, 5.74) is 0.923. The van der Waals surface area contributed by atoms with E-state index in [9.17, 15) is 14.9 Å². The van der Waals surface area contributed by atoms with Gasteiger partial charge in [-0.3, -0.25) is 15.0 Å². The van der Waals surface area contributed by atoms with Crippen molar-refractivity contribution in [2.24, 2.45) is 0 Å². The van der Waals surface area contributed by atoms with Gasteiger partial charge in [0.25, 0.3) is 5.69 Å². The predicted molar refractivity (Wildman–Crippen MR) is 129 cm³/mol. The number of aromatic nitrogens is 2. The summed E-state index contributed by atoms with van der Waals surface area (Å²) in [4.78, 5) is 26.5. The Morgan fingerprint density at radius 1 is 1.21 bits per heavy atom. The molecule has 0 atom stereocenters. The van der Waals surface area contributed by atoms with Crippen LogP contribution in [0.5, 0.6) is 0 Å². The summed E-state index contributed by atoms with van der Waals surface area (Å²) in [5.74, 6) is 0.657. The largest absolute Gasteiger partial charge is 0.443 e. The van der Waals surface area contributed by atoms with Crippen LogP contribution in [-0.4, -0.2) is 33.4 Å². The van der Waals surface area contributed by atoms with E-state index in [1.807, 2.05) is 49.7 Å². The molecule has 0 N–H and O–H groups in total. The van der Waals surface area contributed by atoms with Crippen molar-refractivity contribution in [1.29, 1.82) is 0 Å². The maximum Gasteiger partial charge on any atom is 0.414 e. The van der Waals surface area contributed by atoms with Gasteiger partial charge in [-0.05, 0) is 45.0 Å². The number of rotatable bonds is 6. The second-order valence-corrected chi connectivity index (χ2v) is 9.75. The van der Waals surface area contributed by atoms with E-state index < -0.39 is 11.7 Å². The molecule has 0 aliphatic heterocycles. The summed E-state index contributed by atoms with van der Waals surface area (Å²) in [5, 5.41) is 16.2. The molecule has 0 fully saturated rings. The molecule has 0 aliphatic rings. The number of ether oxygens (including phenoxy) is 1. The van der Waals surface area contributed by atoms with Crippen LogP contribution in [0.3, 0.4) is 0 Å². The van der Waals surface area contributed by atoms with Crippen LogP contribution in [0, 0.1) is 10.1 Å². The second kappa shape index (κ2) is 9.22. The minimum atomic E-state index is -0.615. The van der Waals surface area contributed by atoms with Crippen LogP contribution in [-0.2, 0) is 11.3 Å². The Hall–Kier alpha value is -3.79. The highest BCUT2D eigenvalue weighted by Gasteiger charge is 2.22. The van der Waals surface area contributed by atoms with Gasteiger partial charge in [-0.2, -0.15) is 0 Å². The molecule has 0 radical (unpaired) electrons. The first-order valence-electron chi connectivity index (χ1n) is 10.5. The number of hydrogen-bond acceptors (Lipinski definition) is 7. The Labute approximate surface area is 200 Å². The molecular weight excluding hydrogens is 456 g/mol. The third-order valence-electron chi connectivity index (χ3n) is 4.98. The topological polar surface area (TPSA) is 104 Å². The van der Waals surface area contributed by atoms with E-state index >= 15 is 0 Å². The zero-order chi connectivity index (χ0) is 24.5. The van der Waals surface area contributed by atoms with E-state index in [1.54, 1.807) is 37.5 Å². The number of nitrogens with zero attached hydrogens (tertiary/aromatic N) is 4. The number of nitro groups is 1. The van der Waals surface area contributed by atoms with Crippen molar-refractivity contribution in [3.05, 3.63) is 76.8 Å². The molecule has 0 saturated carbocycles. The van der Waals surface area contributed by atoms with Crippen molar-refractivity contribution in [1.82, 2.24) is 9.72 Å². The molecule has 2 aromatic heterocycles. The van der Waals surface area contributed by atoms with E-state index in [-0.39, 0.29) is 10.6 Å². The average Bonchev–Trinajstić information content (AvgIpc) is 3.40. The molecule has 2 aromatic carbocycles. The molecular formula is C24H24N4O5S. The second-order valence-electron chi connectivity index (χ2n) is 8.67. The number of benzene rings is 2. The molecule has 176 valence electrons. The van der Waals surface area contributed by atoms with Gasteiger partial charge < -0.3 is 13.8 Å². The van der Waals surface area contributed by atoms with Crippen molar-refractivity contribution < 1.29 is 19.0 Å². The zero-order valence-corrected chi connectivity index (χ0v) is 20.0. The molecule has 0 spiro atoms. The minimum Gasteiger partial charge on any atom is -0.443 e. The molecule has 10 heteroatoms. The highest BCUT2D eigenvalue weighted by Crippen LogP contribution is 2.40. The summed E-state index contributed by atoms with van der Waals surface area (Å²) in [6.45, 7) is 5.86. The normalized spacial score (nSPS) is 11.5. The van der Waals surface area contributed by atoms with Crippen LogP contribution < -0.4 is 4.90 Å². The predicted octanol–water partition coefficient (Wildman–Crippen LogP) is 6.11. The van der Waals surface area contributed by atoms with Crippen LogP contribution in [0.4, 0.5) is 16.2 Å². The van der Waals surface area contributed by atoms with E-state index in [2.05, 4.69) is 5.16 Å². The number of hydrogen-bond donors (Lipinski definition) is 0. The van der Waals surface area contributed by atoms with Crippen molar-refractivity contribution >= 4 is 40.1 Å². The van der Waals surface area contributed by atoms with Gasteiger partial charge in [-0.25, -0.2) is 4.79 Å². The molecule has 34 heavy (non-hydrogen) atoms. The summed E-state index contributed by atoms with van der Waals surface area (Å²) in [6, 6.07) is 14.0. The Bertz CT molecular complexity index is 1340. The maximum absolute atomic E-state index is 12.6. The van der Waals surface area contributed by atoms with Crippen LogP contribution >= 0.6 is 11.8 Å². The maximum atomic E-state index is 12.6. The summed E-state index contributed by atoms with van der Waals surface area (Å²) >= 11 is 1.32. The van der Waals surface area contributed by atoms with Crippen LogP contribution in [0.2, 0.25) is 0 Å². The lowest BCUT2D eigenvalue weighted by atomic mass is 10.2. The van der Waals surface area contributed by atoms with Gasteiger partial charge >= 0.3 is 6.09 Å². The Morgan fingerprint density at radius 2 is 1.97 bits per heavy atom. The fourth-order valence-electron chi connectivity index (χ4n) is 3.41. The lowest BCUT2D eigenvalue weighted by Crippen LogP contribution is -2.34. The van der Waals surface area contributed by atoms with Gasteiger partial charge in [0.05, 0.1) is 28.1 Å². The highest BCUT2D eigenvalue weighted by atomic mass is 32.2. The van der Waals surface area contributed by atoms with E-state index in [0.717, 1.165) is 15.8 Å². The van der Waals surface area contributed by atoms with E-state index in [0.29, 0.717) is 22.9 Å². The molecule has 0 saturated heterocycles. The van der Waals surface area contributed by atoms with Crippen LogP contribution in [0.1, 0.15) is 26.5 Å². The number of nitro benzene ring substituents is 1. The first-order valence-corrected chi connectivity index (χ1v) is 11.3. The summed E-state index contributed by atoms with van der Waals surface area (Å²) in [6.07, 6.45) is 3.03. The van der Waals surface area contributed by atoms with Crippen molar-refractivity contribution in [2.75, 3.05) is 11.9 Å². The molecule has 1 amide bonds. The van der Waals surface area contributed by atoms with Gasteiger partial charge in [0.15, 0.2) is 5.76 Å². The highest BCUT2D eigenvalue weighted by molar-refractivity contribution is 7.99. The van der Waals surface area contributed by atoms with Crippen LogP contribution in [0.15, 0.2) is 75.2 Å². The number of fused-ring (bicyclic) bond motifs is 1. The third-order valence-corrected chi connectivity index (χ3v) is 6.09. The van der Waals surface area contributed by atoms with Gasteiger partial charge in [0.1, 0.15) is 5.60 Å². The molecule has 0 aliphatic carbocycles. The van der Waals surface area contributed by atoms with E-state index in [1.165, 1.54) is 22.7 Å². The molecule has 4 aromatic rings. The fourth-order valence-corrected chi connectivity index (χ4v) is 4.50. The molecule has 0 bridgehead atoms. The number of para-hydroxylation sites is 1. The molecule has 0 unspecified atom stereocenters. The monoisotopic (exact) mass is 480 g/mol. The standard InChI is InChI=1S/C24H24N4O5S/c1-24(2,3)32-23(29)26(4)16-9-10-18-20(13-16)27(14-17-11-12-25-33-17)15-22(18)34-21-8-6-5-7-19(21)28(30)31/h5-13,15H,14H2,1-4H3. The first-order chi connectivity index (χ1) is 16.1. The smallest absolute Gasteiger partial charge is 0.414 e. The lowest BCUT2D eigenvalue weighted by Gasteiger charge is -2.24.